The molecule has 4 atom stereocenters. The quantitative estimate of drug-likeness (QED) is 0.0975. The first-order chi connectivity index (χ1) is 20.6. The fraction of sp³-hybridized carbons (Fsp3) is 0.367. The number of aromatic amines is 1. The summed E-state index contributed by atoms with van der Waals surface area (Å²) in [6.45, 7) is 0.465. The maximum atomic E-state index is 13.8. The van der Waals surface area contributed by atoms with Crippen LogP contribution in [0.15, 0.2) is 60.8 Å². The Morgan fingerprint density at radius 2 is 1.40 bits per heavy atom. The molecule has 0 saturated heterocycles. The Balaban J connectivity index is 1.87. The van der Waals surface area contributed by atoms with Crippen LogP contribution in [0.3, 0.4) is 0 Å². The van der Waals surface area contributed by atoms with E-state index >= 15 is 0 Å². The van der Waals surface area contributed by atoms with Crippen LogP contribution in [-0.2, 0) is 36.8 Å². The summed E-state index contributed by atoms with van der Waals surface area (Å²) in [6.07, 6.45) is 2.91. The van der Waals surface area contributed by atoms with Gasteiger partial charge in [0.1, 0.15) is 18.1 Å². The second-order valence-electron chi connectivity index (χ2n) is 10.3. The Labute approximate surface area is 248 Å². The van der Waals surface area contributed by atoms with Gasteiger partial charge in [0.25, 0.3) is 0 Å². The van der Waals surface area contributed by atoms with Crippen molar-refractivity contribution in [3.8, 4) is 0 Å². The van der Waals surface area contributed by atoms with Crippen molar-refractivity contribution >= 4 is 40.5 Å². The minimum absolute atomic E-state index is 0.00762. The monoisotopic (exact) mass is 593 g/mol. The molecule has 4 unspecified atom stereocenters. The number of H-pyrrole nitrogens is 1. The summed E-state index contributed by atoms with van der Waals surface area (Å²) in [6, 6.07) is 11.4. The number of carbonyl (C=O) groups excluding carboxylic acids is 4. The van der Waals surface area contributed by atoms with Crippen LogP contribution in [0.2, 0.25) is 0 Å². The molecule has 0 spiro atoms. The number of carboxylic acid groups (broad SMARTS) is 1. The smallest absolute Gasteiger partial charge is 0.326 e. The number of aliphatic carboxylic acids is 1. The minimum atomic E-state index is -1.59. The first kappa shape index (κ1) is 32.8. The maximum absolute atomic E-state index is 13.8. The van der Waals surface area contributed by atoms with Crippen LogP contribution < -0.4 is 33.2 Å². The number of hydrogen-bond donors (Lipinski definition) is 8. The van der Waals surface area contributed by atoms with Gasteiger partial charge < -0.3 is 43.2 Å². The number of nitrogens with one attached hydrogen (secondary N) is 4. The molecule has 0 fully saturated rings. The van der Waals surface area contributed by atoms with E-state index < -0.39 is 60.2 Å². The number of carboxylic acids is 1. The molecule has 11 N–H and O–H groups in total. The predicted octanol–water partition coefficient (Wildman–Crippen LogP) is -0.176. The van der Waals surface area contributed by atoms with Crippen LogP contribution in [0.4, 0.5) is 0 Å². The second-order valence-corrected chi connectivity index (χ2v) is 10.3. The van der Waals surface area contributed by atoms with Gasteiger partial charge in [-0.25, -0.2) is 4.79 Å². The molecule has 13 nitrogen and oxygen atoms in total. The number of nitrogens with two attached hydrogens (primary N) is 3. The number of aromatic nitrogens is 1. The van der Waals surface area contributed by atoms with Crippen molar-refractivity contribution in [2.75, 3.05) is 6.54 Å². The highest BCUT2D eigenvalue weighted by Gasteiger charge is 2.31. The van der Waals surface area contributed by atoms with Gasteiger partial charge in [-0.2, -0.15) is 0 Å². The number of para-hydroxylation sites is 1. The molecule has 43 heavy (non-hydrogen) atoms. The molecule has 0 aliphatic heterocycles. The molecule has 0 bridgehead atoms. The number of carbonyl (C=O) groups is 5. The molecule has 1 heterocycles. The fourth-order valence-electron chi connectivity index (χ4n) is 4.65. The van der Waals surface area contributed by atoms with Crippen molar-refractivity contribution in [3.63, 3.8) is 0 Å². The van der Waals surface area contributed by atoms with Crippen molar-refractivity contribution in [1.29, 1.82) is 0 Å². The second kappa shape index (κ2) is 16.0. The zero-order valence-electron chi connectivity index (χ0n) is 23.8. The Morgan fingerprint density at radius 1 is 0.791 bits per heavy atom. The highest BCUT2D eigenvalue weighted by molar-refractivity contribution is 5.95. The number of benzene rings is 2. The summed E-state index contributed by atoms with van der Waals surface area (Å²) >= 11 is 0. The topological polar surface area (TPSA) is 236 Å². The van der Waals surface area contributed by atoms with Gasteiger partial charge in [-0.05, 0) is 36.6 Å². The summed E-state index contributed by atoms with van der Waals surface area (Å²) < 4.78 is 0. The van der Waals surface area contributed by atoms with Crippen molar-refractivity contribution in [3.05, 3.63) is 71.9 Å². The molecule has 0 aliphatic rings. The van der Waals surface area contributed by atoms with Crippen molar-refractivity contribution in [2.24, 2.45) is 17.2 Å². The maximum Gasteiger partial charge on any atom is 0.326 e. The third-order valence-corrected chi connectivity index (χ3v) is 6.97. The van der Waals surface area contributed by atoms with E-state index in [4.69, 9.17) is 17.2 Å². The molecule has 1 aromatic heterocycles. The molecule has 4 amide bonds. The van der Waals surface area contributed by atoms with E-state index in [0.29, 0.717) is 31.4 Å². The Kier molecular flexibility index (Phi) is 12.2. The zero-order chi connectivity index (χ0) is 31.4. The number of amides is 4. The number of primary amides is 1. The average Bonchev–Trinajstić information content (AvgIpc) is 3.39. The summed E-state index contributed by atoms with van der Waals surface area (Å²) in [4.78, 5) is 66.3. The first-order valence-electron chi connectivity index (χ1n) is 14.1. The molecule has 230 valence electrons. The highest BCUT2D eigenvalue weighted by Crippen LogP contribution is 2.19. The van der Waals surface area contributed by atoms with Crippen molar-refractivity contribution in [2.45, 2.75) is 62.7 Å². The van der Waals surface area contributed by atoms with Gasteiger partial charge >= 0.3 is 5.97 Å². The number of unbranched alkanes of at least 4 members (excludes halogenated alkanes) is 1. The van der Waals surface area contributed by atoms with E-state index in [0.717, 1.165) is 16.5 Å². The lowest BCUT2D eigenvalue weighted by molar-refractivity contribution is -0.143. The lowest BCUT2D eigenvalue weighted by Gasteiger charge is -2.25. The van der Waals surface area contributed by atoms with Crippen molar-refractivity contribution in [1.82, 2.24) is 20.9 Å². The van der Waals surface area contributed by atoms with Crippen LogP contribution >= 0.6 is 0 Å². The van der Waals surface area contributed by atoms with Gasteiger partial charge in [-0.1, -0.05) is 55.0 Å². The normalized spacial score (nSPS) is 13.8. The lowest BCUT2D eigenvalue weighted by atomic mass is 10.0. The molecule has 3 aromatic rings. The van der Waals surface area contributed by atoms with E-state index in [1.807, 2.05) is 24.3 Å². The molecule has 3 rings (SSSR count). The van der Waals surface area contributed by atoms with Gasteiger partial charge in [0.05, 0.1) is 12.5 Å². The van der Waals surface area contributed by atoms with Gasteiger partial charge in [0, 0.05) is 29.9 Å². The lowest BCUT2D eigenvalue weighted by Crippen LogP contribution is -2.58. The summed E-state index contributed by atoms with van der Waals surface area (Å²) in [7, 11) is 0. The SMILES string of the molecule is NCCCCC(N)C(=O)NC(Cc1c[nH]c2ccccc12)C(=O)NC(Cc1ccccc1)C(=O)NC(CC(N)=O)C(=O)O. The van der Waals surface area contributed by atoms with Crippen LogP contribution in [0.1, 0.15) is 36.8 Å². The largest absolute Gasteiger partial charge is 0.480 e. The zero-order valence-corrected chi connectivity index (χ0v) is 23.8. The van der Waals surface area contributed by atoms with Crippen LogP contribution in [0.25, 0.3) is 10.9 Å². The van der Waals surface area contributed by atoms with Gasteiger partial charge in [-0.15, -0.1) is 0 Å². The molecule has 0 radical (unpaired) electrons. The van der Waals surface area contributed by atoms with Crippen LogP contribution in [0.5, 0.6) is 0 Å². The Morgan fingerprint density at radius 3 is 2.05 bits per heavy atom. The molecular formula is C30H39N7O6. The van der Waals surface area contributed by atoms with Crippen LogP contribution in [-0.4, -0.2) is 70.4 Å². The minimum Gasteiger partial charge on any atom is -0.480 e. The number of rotatable bonds is 17. The predicted molar refractivity (Wildman–Crippen MR) is 160 cm³/mol. The van der Waals surface area contributed by atoms with Crippen molar-refractivity contribution < 1.29 is 29.1 Å². The summed E-state index contributed by atoms with van der Waals surface area (Å²) in [5.74, 6) is -4.41. The summed E-state index contributed by atoms with van der Waals surface area (Å²) in [5.41, 5.74) is 19.1. The highest BCUT2D eigenvalue weighted by atomic mass is 16.4. The Hall–Kier alpha value is -4.75. The standard InChI is InChI=1S/C30H39N7O6/c31-13-7-6-11-21(32)27(39)35-24(15-19-17-34-22-12-5-4-10-20(19)22)29(41)36-23(14-18-8-2-1-3-9-18)28(40)37-25(30(42)43)16-26(33)38/h1-5,8-10,12,17,21,23-25,34H,6-7,11,13-16,31-32H2,(H2,33,38)(H,35,39)(H,36,41)(H,37,40)(H,42,43). The fourth-order valence-corrected chi connectivity index (χ4v) is 4.65. The Bertz CT molecular complexity index is 1410. The van der Waals surface area contributed by atoms with Gasteiger partial charge in [0.2, 0.25) is 23.6 Å². The number of hydrogen-bond acceptors (Lipinski definition) is 7. The van der Waals surface area contributed by atoms with Gasteiger partial charge in [-0.3, -0.25) is 19.2 Å². The molecule has 13 heteroatoms. The molecule has 0 saturated carbocycles. The first-order valence-corrected chi connectivity index (χ1v) is 14.1. The van der Waals surface area contributed by atoms with Gasteiger partial charge in [0.15, 0.2) is 0 Å². The molecular weight excluding hydrogens is 554 g/mol. The van der Waals surface area contributed by atoms with E-state index in [2.05, 4.69) is 20.9 Å². The summed E-state index contributed by atoms with van der Waals surface area (Å²) in [5, 5.41) is 18.1. The van der Waals surface area contributed by atoms with E-state index in [1.54, 1.807) is 36.5 Å². The van der Waals surface area contributed by atoms with E-state index in [1.165, 1.54) is 0 Å². The van der Waals surface area contributed by atoms with E-state index in [-0.39, 0.29) is 12.8 Å². The van der Waals surface area contributed by atoms with E-state index in [9.17, 15) is 29.1 Å². The molecule has 0 aliphatic carbocycles. The number of fused-ring (bicyclic) bond motifs is 1. The third kappa shape index (κ3) is 9.94. The average molecular weight is 594 g/mol. The molecule has 2 aromatic carbocycles. The van der Waals surface area contributed by atoms with Crippen LogP contribution in [0, 0.1) is 0 Å². The third-order valence-electron chi connectivity index (χ3n) is 6.97.